The summed E-state index contributed by atoms with van der Waals surface area (Å²) in [5, 5.41) is 0. The summed E-state index contributed by atoms with van der Waals surface area (Å²) in [7, 11) is 0. The Labute approximate surface area is 222 Å². The van der Waals surface area contributed by atoms with Gasteiger partial charge < -0.3 is 4.74 Å². The molecule has 2 aliphatic rings. The second-order valence-corrected chi connectivity index (χ2v) is 11.8. The zero-order valence-electron chi connectivity index (χ0n) is 22.8. The van der Waals surface area contributed by atoms with Crippen LogP contribution in [0, 0.1) is 17.7 Å². The molecule has 2 aromatic rings. The van der Waals surface area contributed by atoms with Gasteiger partial charge in [0.25, 0.3) is 0 Å². The largest absolute Gasteiger partial charge is 0.386 e. The number of rotatable bonds is 11. The first-order valence-corrected chi connectivity index (χ1v) is 14.8. The molecule has 37 heavy (non-hydrogen) atoms. The van der Waals surface area contributed by atoms with Gasteiger partial charge in [-0.2, -0.15) is 8.78 Å². The van der Waals surface area contributed by atoms with E-state index in [0.717, 1.165) is 42.7 Å². The summed E-state index contributed by atoms with van der Waals surface area (Å²) in [5.74, 6) is 1.58. The summed E-state index contributed by atoms with van der Waals surface area (Å²) in [4.78, 5) is 0. The van der Waals surface area contributed by atoms with E-state index in [9.17, 15) is 13.2 Å². The molecule has 0 saturated heterocycles. The average molecular weight is 515 g/mol. The van der Waals surface area contributed by atoms with Gasteiger partial charge in [0.2, 0.25) is 0 Å². The van der Waals surface area contributed by atoms with Gasteiger partial charge in [-0.05, 0) is 97.4 Å². The van der Waals surface area contributed by atoms with Crippen LogP contribution in [0.15, 0.2) is 42.5 Å². The van der Waals surface area contributed by atoms with Crippen LogP contribution >= 0.6 is 0 Å². The molecule has 2 fully saturated rings. The van der Waals surface area contributed by atoms with Crippen LogP contribution < -0.4 is 0 Å². The molecule has 0 amide bonds. The molecule has 0 aliphatic heterocycles. The first-order chi connectivity index (χ1) is 17.9. The minimum atomic E-state index is -3.64. The molecule has 0 radical (unpaired) electrons. The number of hydrogen-bond acceptors (Lipinski definition) is 1. The zero-order chi connectivity index (χ0) is 26.3. The third-order valence-corrected chi connectivity index (χ3v) is 8.98. The lowest BCUT2D eigenvalue weighted by Gasteiger charge is -2.29. The van der Waals surface area contributed by atoms with Crippen LogP contribution in [0.4, 0.5) is 13.2 Å². The first-order valence-electron chi connectivity index (χ1n) is 14.8. The van der Waals surface area contributed by atoms with Crippen LogP contribution in [0.2, 0.25) is 0 Å². The number of halogens is 3. The lowest BCUT2D eigenvalue weighted by Crippen LogP contribution is -2.22. The molecule has 0 aromatic heterocycles. The van der Waals surface area contributed by atoms with Crippen LogP contribution in [0.1, 0.15) is 125 Å². The van der Waals surface area contributed by atoms with Gasteiger partial charge in [0, 0.05) is 0 Å². The van der Waals surface area contributed by atoms with Gasteiger partial charge in [-0.1, -0.05) is 82.7 Å². The Bertz CT molecular complexity index is 954. The van der Waals surface area contributed by atoms with E-state index in [1.807, 2.05) is 12.1 Å². The van der Waals surface area contributed by atoms with Crippen molar-refractivity contribution in [3.8, 4) is 0 Å². The number of benzene rings is 2. The van der Waals surface area contributed by atoms with E-state index >= 15 is 0 Å². The molecule has 1 nitrogen and oxygen atoms in total. The molecule has 0 N–H and O–H groups in total. The number of unbranched alkanes of at least 4 members (excludes halogenated alkanes) is 2. The van der Waals surface area contributed by atoms with Crippen molar-refractivity contribution in [3.05, 3.63) is 70.5 Å². The third-order valence-electron chi connectivity index (χ3n) is 8.98. The highest BCUT2D eigenvalue weighted by Gasteiger charge is 2.36. The molecule has 0 heterocycles. The summed E-state index contributed by atoms with van der Waals surface area (Å²) in [6.45, 7) is 4.33. The van der Waals surface area contributed by atoms with E-state index in [1.165, 1.54) is 69.1 Å². The Hall–Kier alpha value is -1.81. The maximum absolute atomic E-state index is 14.7. The van der Waals surface area contributed by atoms with Crippen molar-refractivity contribution in [1.82, 2.24) is 0 Å². The van der Waals surface area contributed by atoms with Gasteiger partial charge >= 0.3 is 6.11 Å². The fourth-order valence-electron chi connectivity index (χ4n) is 6.41. The predicted molar refractivity (Wildman–Crippen MR) is 146 cm³/mol. The van der Waals surface area contributed by atoms with E-state index in [1.54, 1.807) is 6.07 Å². The molecular formula is C33H45F3O. The Morgan fingerprint density at radius 1 is 0.811 bits per heavy atom. The number of alkyl halides is 2. The second-order valence-electron chi connectivity index (χ2n) is 11.8. The van der Waals surface area contributed by atoms with Gasteiger partial charge in [-0.15, -0.1) is 0 Å². The molecule has 4 heteroatoms. The maximum Gasteiger partial charge on any atom is 0.386 e. The van der Waals surface area contributed by atoms with Gasteiger partial charge in [0.1, 0.15) is 5.82 Å². The van der Waals surface area contributed by atoms with Crippen molar-refractivity contribution >= 4 is 0 Å². The van der Waals surface area contributed by atoms with Crippen molar-refractivity contribution in [2.24, 2.45) is 11.8 Å². The van der Waals surface area contributed by atoms with E-state index in [4.69, 9.17) is 4.74 Å². The Morgan fingerprint density at radius 2 is 1.43 bits per heavy atom. The Morgan fingerprint density at radius 3 is 2.08 bits per heavy atom. The van der Waals surface area contributed by atoms with Crippen molar-refractivity contribution < 1.29 is 17.9 Å². The fourth-order valence-corrected chi connectivity index (χ4v) is 6.41. The Balaban J connectivity index is 1.24. The van der Waals surface area contributed by atoms with Crippen LogP contribution in [0.3, 0.4) is 0 Å². The highest BCUT2D eigenvalue weighted by atomic mass is 19.3. The summed E-state index contributed by atoms with van der Waals surface area (Å²) in [6, 6.07) is 12.5. The highest BCUT2D eigenvalue weighted by Crippen LogP contribution is 2.39. The van der Waals surface area contributed by atoms with Crippen molar-refractivity contribution in [3.63, 3.8) is 0 Å². The fraction of sp³-hybridized carbons (Fsp3) is 0.636. The molecule has 0 unspecified atom stereocenters. The molecule has 0 bridgehead atoms. The highest BCUT2D eigenvalue weighted by molar-refractivity contribution is 5.29. The smallest absolute Gasteiger partial charge is 0.316 e. The molecule has 204 valence electrons. The summed E-state index contributed by atoms with van der Waals surface area (Å²) in [5.41, 5.74) is 2.49. The second kappa shape index (κ2) is 13.3. The maximum atomic E-state index is 14.7. The molecule has 0 spiro atoms. The minimum absolute atomic E-state index is 0.156. The van der Waals surface area contributed by atoms with E-state index in [2.05, 4.69) is 26.0 Å². The normalized spacial score (nSPS) is 24.8. The summed E-state index contributed by atoms with van der Waals surface area (Å²) >= 11 is 0. The molecule has 2 saturated carbocycles. The molecule has 4 rings (SSSR count). The van der Waals surface area contributed by atoms with Crippen LogP contribution in [0.5, 0.6) is 0 Å². The monoisotopic (exact) mass is 514 g/mol. The molecule has 2 aromatic carbocycles. The quantitative estimate of drug-likeness (QED) is 0.271. The minimum Gasteiger partial charge on any atom is -0.316 e. The van der Waals surface area contributed by atoms with Gasteiger partial charge in [-0.25, -0.2) is 4.39 Å². The lowest BCUT2D eigenvalue weighted by molar-refractivity contribution is -0.249. The van der Waals surface area contributed by atoms with Gasteiger partial charge in [0.05, 0.1) is 12.2 Å². The van der Waals surface area contributed by atoms with Gasteiger partial charge in [0.15, 0.2) is 0 Å². The van der Waals surface area contributed by atoms with Crippen LogP contribution in [-0.2, 0) is 17.3 Å². The summed E-state index contributed by atoms with van der Waals surface area (Å²) < 4.78 is 49.1. The predicted octanol–water partition coefficient (Wildman–Crippen LogP) is 10.3. The molecule has 2 aliphatic carbocycles. The zero-order valence-corrected chi connectivity index (χ0v) is 22.8. The standard InChI is InChI=1S/C33H45F3O/c1-3-4-5-6-25-9-15-27(16-10-25)28-17-11-26(12-18-28)21-22-37-33(35,36)31-20-19-30(23-32(31)34)29-13-7-24(2)8-14-29/h11-12,17-20,23-25,27,29H,3-10,13-16,21-22H2,1-2H3. The van der Waals surface area contributed by atoms with Crippen LogP contribution in [0.25, 0.3) is 0 Å². The molecule has 0 atom stereocenters. The number of ether oxygens (including phenoxy) is 1. The van der Waals surface area contributed by atoms with Crippen LogP contribution in [-0.4, -0.2) is 6.61 Å². The van der Waals surface area contributed by atoms with E-state index < -0.39 is 17.5 Å². The van der Waals surface area contributed by atoms with E-state index in [0.29, 0.717) is 18.3 Å². The van der Waals surface area contributed by atoms with E-state index in [-0.39, 0.29) is 12.5 Å². The van der Waals surface area contributed by atoms with Crippen molar-refractivity contribution in [1.29, 1.82) is 0 Å². The van der Waals surface area contributed by atoms with Crippen molar-refractivity contribution in [2.75, 3.05) is 6.61 Å². The molecular weight excluding hydrogens is 469 g/mol. The third kappa shape index (κ3) is 7.85. The van der Waals surface area contributed by atoms with Crippen molar-refractivity contribution in [2.45, 2.75) is 115 Å². The van der Waals surface area contributed by atoms with Gasteiger partial charge in [-0.3, -0.25) is 0 Å². The Kier molecular flexibility index (Phi) is 10.1. The first kappa shape index (κ1) is 28.2. The lowest BCUT2D eigenvalue weighted by atomic mass is 9.77. The summed E-state index contributed by atoms with van der Waals surface area (Å²) in [6.07, 6.45) is 11.4. The average Bonchev–Trinajstić information content (AvgIpc) is 2.90. The number of hydrogen-bond donors (Lipinski definition) is 0. The SMILES string of the molecule is CCCCCC1CCC(c2ccc(CCOC(F)(F)c3ccc(C4CCC(C)CC4)cc3F)cc2)CC1. The topological polar surface area (TPSA) is 9.23 Å².